The summed E-state index contributed by atoms with van der Waals surface area (Å²) in [6.45, 7) is 0. The van der Waals surface area contributed by atoms with Crippen LogP contribution in [0.4, 0.5) is 0 Å². The van der Waals surface area contributed by atoms with Crippen molar-refractivity contribution in [3.63, 3.8) is 0 Å². The van der Waals surface area contributed by atoms with Gasteiger partial charge in [0.15, 0.2) is 0 Å². The molecule has 0 saturated heterocycles. The van der Waals surface area contributed by atoms with Crippen molar-refractivity contribution in [1.82, 2.24) is 4.98 Å². The molecule has 1 heterocycles. The van der Waals surface area contributed by atoms with Gasteiger partial charge in [0, 0.05) is 0 Å². The van der Waals surface area contributed by atoms with E-state index in [0.29, 0.717) is 10.9 Å². The first-order chi connectivity index (χ1) is 5.95. The van der Waals surface area contributed by atoms with Gasteiger partial charge < -0.3 is 0 Å². The van der Waals surface area contributed by atoms with Crippen molar-refractivity contribution in [2.45, 2.75) is 14.8 Å². The van der Waals surface area contributed by atoms with E-state index < -0.39 is 18.4 Å². The van der Waals surface area contributed by atoms with E-state index in [1.165, 1.54) is 3.71 Å². The van der Waals surface area contributed by atoms with Gasteiger partial charge in [-0.3, -0.25) is 0 Å². The molecular formula is C9H14ClNOSn. The number of aromatic nitrogens is 1. The van der Waals surface area contributed by atoms with Gasteiger partial charge in [-0.2, -0.15) is 0 Å². The predicted molar refractivity (Wildman–Crippen MR) is 58.8 cm³/mol. The van der Waals surface area contributed by atoms with Crippen molar-refractivity contribution >= 4 is 33.7 Å². The van der Waals surface area contributed by atoms with Gasteiger partial charge in [0.25, 0.3) is 0 Å². The first-order valence-electron chi connectivity index (χ1n) is 4.16. The number of pyridine rings is 1. The standard InChI is InChI=1S/C6H5ClNO.3CH3.Sn/c1-9-6-5(7)3-2-4-8-6;;;;/h2-3H,1H3;3*1H3;. The molecule has 0 aliphatic rings. The minimum atomic E-state index is -2.06. The Morgan fingerprint density at radius 1 is 1.31 bits per heavy atom. The second-order valence-corrected chi connectivity index (χ2v) is 18.7. The van der Waals surface area contributed by atoms with Gasteiger partial charge in [0.05, 0.1) is 0 Å². The number of nitrogens with zero attached hydrogens (tertiary/aromatic N) is 1. The zero-order valence-corrected chi connectivity index (χ0v) is 12.0. The van der Waals surface area contributed by atoms with Crippen LogP contribution in [0.5, 0.6) is 5.88 Å². The normalized spacial score (nSPS) is 11.5. The SMILES string of the molecule is COc1n[c]([Sn]([CH3])([CH3])[CH3])ccc1Cl. The van der Waals surface area contributed by atoms with Crippen LogP contribution in [-0.4, -0.2) is 30.5 Å². The van der Waals surface area contributed by atoms with E-state index in [0.717, 1.165) is 0 Å². The molecule has 4 heteroatoms. The molecule has 0 fully saturated rings. The van der Waals surface area contributed by atoms with Crippen LogP contribution in [-0.2, 0) is 0 Å². The summed E-state index contributed by atoms with van der Waals surface area (Å²) in [4.78, 5) is 11.3. The zero-order chi connectivity index (χ0) is 10.1. The molecule has 0 spiro atoms. The van der Waals surface area contributed by atoms with Crippen LogP contribution < -0.4 is 8.45 Å². The summed E-state index contributed by atoms with van der Waals surface area (Å²) in [6.07, 6.45) is 0. The number of rotatable bonds is 2. The van der Waals surface area contributed by atoms with Crippen LogP contribution >= 0.6 is 11.6 Å². The summed E-state index contributed by atoms with van der Waals surface area (Å²) in [5.41, 5.74) is 0. The van der Waals surface area contributed by atoms with Crippen LogP contribution in [0.2, 0.25) is 19.8 Å². The average molecular weight is 306 g/mol. The third-order valence-corrected chi connectivity index (χ3v) is 7.24. The number of hydrogen-bond acceptors (Lipinski definition) is 2. The Morgan fingerprint density at radius 3 is 2.38 bits per heavy atom. The number of ether oxygens (including phenoxy) is 1. The van der Waals surface area contributed by atoms with Crippen LogP contribution in [0, 0.1) is 0 Å². The fourth-order valence-electron chi connectivity index (χ4n) is 0.984. The van der Waals surface area contributed by atoms with Gasteiger partial charge >= 0.3 is 88.4 Å². The maximum atomic E-state index is 5.88. The Hall–Kier alpha value is 0.0387. The van der Waals surface area contributed by atoms with Gasteiger partial charge in [0.2, 0.25) is 0 Å². The van der Waals surface area contributed by atoms with E-state index in [2.05, 4.69) is 19.8 Å². The Morgan fingerprint density at radius 2 is 1.92 bits per heavy atom. The molecular weight excluding hydrogens is 292 g/mol. The predicted octanol–water partition coefficient (Wildman–Crippen LogP) is 2.29. The molecule has 0 aliphatic heterocycles. The van der Waals surface area contributed by atoms with Crippen molar-refractivity contribution in [3.8, 4) is 5.88 Å². The van der Waals surface area contributed by atoms with E-state index in [4.69, 9.17) is 16.3 Å². The molecule has 0 amide bonds. The van der Waals surface area contributed by atoms with Crippen molar-refractivity contribution in [2.24, 2.45) is 0 Å². The van der Waals surface area contributed by atoms with Gasteiger partial charge in [-0.25, -0.2) is 0 Å². The number of hydrogen-bond donors (Lipinski definition) is 0. The monoisotopic (exact) mass is 307 g/mol. The second kappa shape index (κ2) is 4.05. The zero-order valence-electron chi connectivity index (χ0n) is 8.39. The third kappa shape index (κ3) is 2.74. The Bertz CT molecular complexity index is 309. The minimum absolute atomic E-state index is 0.547. The third-order valence-electron chi connectivity index (χ3n) is 1.78. The van der Waals surface area contributed by atoms with Crippen LogP contribution in [0.3, 0.4) is 0 Å². The molecule has 1 aromatic heterocycles. The van der Waals surface area contributed by atoms with Gasteiger partial charge in [0.1, 0.15) is 0 Å². The molecule has 2 nitrogen and oxygen atoms in total. The molecule has 0 saturated carbocycles. The topological polar surface area (TPSA) is 22.1 Å². The van der Waals surface area contributed by atoms with E-state index >= 15 is 0 Å². The molecule has 1 rings (SSSR count). The van der Waals surface area contributed by atoms with Crippen LogP contribution in [0.1, 0.15) is 0 Å². The van der Waals surface area contributed by atoms with E-state index in [-0.39, 0.29) is 0 Å². The van der Waals surface area contributed by atoms with E-state index in [1.807, 2.05) is 12.1 Å². The number of methoxy groups -OCH3 is 1. The van der Waals surface area contributed by atoms with Gasteiger partial charge in [-0.05, 0) is 0 Å². The average Bonchev–Trinajstić information content (AvgIpc) is 2.03. The second-order valence-electron chi connectivity index (χ2n) is 3.94. The molecule has 0 atom stereocenters. The van der Waals surface area contributed by atoms with Crippen molar-refractivity contribution < 1.29 is 4.74 Å². The van der Waals surface area contributed by atoms with Crippen molar-refractivity contribution in [2.75, 3.05) is 7.11 Å². The van der Waals surface area contributed by atoms with Gasteiger partial charge in [-0.1, -0.05) is 0 Å². The molecule has 1 aromatic rings. The summed E-state index contributed by atoms with van der Waals surface area (Å²) in [5.74, 6) is 0.547. The molecule has 0 unspecified atom stereocenters. The molecule has 0 radical (unpaired) electrons. The van der Waals surface area contributed by atoms with Crippen molar-refractivity contribution in [1.29, 1.82) is 0 Å². The Kier molecular flexibility index (Phi) is 3.46. The maximum absolute atomic E-state index is 5.88. The molecule has 13 heavy (non-hydrogen) atoms. The number of halogens is 1. The fourth-order valence-corrected chi connectivity index (χ4v) is 4.08. The van der Waals surface area contributed by atoms with Crippen LogP contribution in [0.15, 0.2) is 12.1 Å². The quantitative estimate of drug-likeness (QED) is 0.782. The molecule has 0 aromatic carbocycles. The van der Waals surface area contributed by atoms with Gasteiger partial charge in [-0.15, -0.1) is 0 Å². The van der Waals surface area contributed by atoms with Crippen molar-refractivity contribution in [3.05, 3.63) is 17.2 Å². The molecule has 0 aliphatic carbocycles. The summed E-state index contributed by atoms with van der Waals surface area (Å²) >= 11 is 3.82. The first kappa shape index (κ1) is 11.1. The first-order valence-corrected chi connectivity index (χ1v) is 14.5. The van der Waals surface area contributed by atoms with E-state index in [9.17, 15) is 0 Å². The summed E-state index contributed by atoms with van der Waals surface area (Å²) in [6, 6.07) is 3.88. The summed E-state index contributed by atoms with van der Waals surface area (Å²) in [7, 11) is 1.59. The Labute approximate surface area is 88.1 Å². The van der Waals surface area contributed by atoms with Crippen LogP contribution in [0.25, 0.3) is 0 Å². The molecule has 0 N–H and O–H groups in total. The molecule has 0 bridgehead atoms. The van der Waals surface area contributed by atoms with E-state index in [1.54, 1.807) is 7.11 Å². The molecule has 72 valence electrons. The summed E-state index contributed by atoms with van der Waals surface area (Å²) < 4.78 is 6.26. The fraction of sp³-hybridized carbons (Fsp3) is 0.444. The Balaban J connectivity index is 3.14. The summed E-state index contributed by atoms with van der Waals surface area (Å²) in [5, 5.41) is 0.585.